The Morgan fingerprint density at radius 1 is 1.29 bits per heavy atom. The minimum Gasteiger partial charge on any atom is -0.508 e. The van der Waals surface area contributed by atoms with E-state index < -0.39 is 0 Å². The van der Waals surface area contributed by atoms with Crippen LogP contribution in [0.2, 0.25) is 5.02 Å². The van der Waals surface area contributed by atoms with Crippen molar-refractivity contribution in [3.05, 3.63) is 28.8 Å². The Labute approximate surface area is 108 Å². The highest BCUT2D eigenvalue weighted by molar-refractivity contribution is 6.30. The number of hydrogen-bond donors (Lipinski definition) is 1. The lowest BCUT2D eigenvalue weighted by Gasteiger charge is -2.31. The van der Waals surface area contributed by atoms with Gasteiger partial charge in [-0.3, -0.25) is 4.90 Å². The van der Waals surface area contributed by atoms with Crippen LogP contribution in [0, 0.1) is 0 Å². The second-order valence-corrected chi connectivity index (χ2v) is 5.42. The Balaban J connectivity index is 2.01. The topological polar surface area (TPSA) is 23.5 Å². The van der Waals surface area contributed by atoms with Crippen molar-refractivity contribution in [2.45, 2.75) is 44.7 Å². The minimum absolute atomic E-state index is 0.344. The van der Waals surface area contributed by atoms with Crippen molar-refractivity contribution < 1.29 is 5.11 Å². The van der Waals surface area contributed by atoms with Gasteiger partial charge in [0.15, 0.2) is 0 Å². The number of aromatic hydroxyl groups is 1. The minimum atomic E-state index is 0.344. The monoisotopic (exact) mass is 253 g/mol. The van der Waals surface area contributed by atoms with Gasteiger partial charge < -0.3 is 5.11 Å². The lowest BCUT2D eigenvalue weighted by Crippen LogP contribution is -2.32. The number of nitrogens with zero attached hydrogens (tertiary/aromatic N) is 1. The predicted molar refractivity (Wildman–Crippen MR) is 71.5 cm³/mol. The summed E-state index contributed by atoms with van der Waals surface area (Å²) in [5, 5.41) is 10.5. The van der Waals surface area contributed by atoms with Gasteiger partial charge in [-0.25, -0.2) is 0 Å². The van der Waals surface area contributed by atoms with Gasteiger partial charge in [-0.15, -0.1) is 0 Å². The van der Waals surface area contributed by atoms with Crippen molar-refractivity contribution >= 4 is 11.6 Å². The van der Waals surface area contributed by atoms with Gasteiger partial charge in [0.2, 0.25) is 0 Å². The third-order valence-electron chi connectivity index (χ3n) is 3.66. The number of benzene rings is 1. The largest absolute Gasteiger partial charge is 0.508 e. The second-order valence-electron chi connectivity index (χ2n) is 4.98. The molecule has 0 atom stereocenters. The van der Waals surface area contributed by atoms with Crippen LogP contribution >= 0.6 is 11.6 Å². The Hall–Kier alpha value is -0.730. The first-order valence-corrected chi connectivity index (χ1v) is 6.72. The van der Waals surface area contributed by atoms with Crippen LogP contribution in [0.4, 0.5) is 0 Å². The van der Waals surface area contributed by atoms with E-state index in [9.17, 15) is 5.11 Å². The van der Waals surface area contributed by atoms with Crippen molar-refractivity contribution in [2.24, 2.45) is 0 Å². The van der Waals surface area contributed by atoms with E-state index in [1.807, 2.05) is 6.07 Å². The highest BCUT2D eigenvalue weighted by Gasteiger charge is 2.18. The Kier molecular flexibility index (Phi) is 4.30. The van der Waals surface area contributed by atoms with Crippen molar-refractivity contribution in [1.82, 2.24) is 4.90 Å². The van der Waals surface area contributed by atoms with Crippen molar-refractivity contribution in [3.63, 3.8) is 0 Å². The van der Waals surface area contributed by atoms with Crippen LogP contribution < -0.4 is 0 Å². The molecule has 0 radical (unpaired) electrons. The number of hydrogen-bond acceptors (Lipinski definition) is 2. The smallest absolute Gasteiger partial charge is 0.120 e. The van der Waals surface area contributed by atoms with E-state index in [1.54, 1.807) is 12.1 Å². The maximum absolute atomic E-state index is 9.80. The van der Waals surface area contributed by atoms with Gasteiger partial charge >= 0.3 is 0 Å². The zero-order chi connectivity index (χ0) is 12.3. The van der Waals surface area contributed by atoms with Crippen LogP contribution in [0.1, 0.15) is 37.7 Å². The molecule has 1 fully saturated rings. The van der Waals surface area contributed by atoms with Crippen molar-refractivity contribution in [3.8, 4) is 5.75 Å². The number of phenolic OH excluding ortho intramolecular Hbond substituents is 1. The number of halogens is 1. The fourth-order valence-corrected chi connectivity index (χ4v) is 2.80. The summed E-state index contributed by atoms with van der Waals surface area (Å²) in [6.07, 6.45) is 6.58. The van der Waals surface area contributed by atoms with Crippen LogP contribution in [-0.2, 0) is 6.54 Å². The molecule has 0 spiro atoms. The van der Waals surface area contributed by atoms with Gasteiger partial charge in [-0.05, 0) is 38.1 Å². The molecule has 1 aromatic carbocycles. The Morgan fingerprint density at radius 2 is 2.00 bits per heavy atom. The van der Waals surface area contributed by atoms with Gasteiger partial charge in [0.25, 0.3) is 0 Å². The van der Waals surface area contributed by atoms with E-state index in [0.717, 1.165) is 12.1 Å². The fraction of sp³-hybridized carbons (Fsp3) is 0.571. The van der Waals surface area contributed by atoms with E-state index in [2.05, 4.69) is 11.9 Å². The molecule has 94 valence electrons. The molecule has 0 aromatic heterocycles. The molecule has 3 heteroatoms. The summed E-state index contributed by atoms with van der Waals surface area (Å²) in [6.45, 7) is 0.775. The van der Waals surface area contributed by atoms with Crippen molar-refractivity contribution in [1.29, 1.82) is 0 Å². The summed E-state index contributed by atoms with van der Waals surface area (Å²) in [4.78, 5) is 2.34. The second kappa shape index (κ2) is 5.74. The molecule has 2 rings (SSSR count). The van der Waals surface area contributed by atoms with Gasteiger partial charge in [0.05, 0.1) is 0 Å². The molecular formula is C14H20ClNO. The zero-order valence-corrected chi connectivity index (χ0v) is 11.1. The van der Waals surface area contributed by atoms with Crippen LogP contribution in [0.25, 0.3) is 0 Å². The molecule has 0 aliphatic heterocycles. The molecule has 1 aliphatic carbocycles. The standard InChI is InChI=1S/C14H20ClNO/c1-16(13-5-3-2-4-6-13)10-11-9-12(15)7-8-14(11)17/h7-9,13,17H,2-6,10H2,1H3. The van der Waals surface area contributed by atoms with E-state index in [-0.39, 0.29) is 0 Å². The summed E-state index contributed by atoms with van der Waals surface area (Å²) < 4.78 is 0. The SMILES string of the molecule is CN(Cc1cc(Cl)ccc1O)C1CCCCC1. The van der Waals surface area contributed by atoms with Gasteiger partial charge in [0.1, 0.15) is 5.75 Å². The highest BCUT2D eigenvalue weighted by atomic mass is 35.5. The summed E-state index contributed by atoms with van der Waals surface area (Å²) in [5.74, 6) is 0.344. The molecule has 2 nitrogen and oxygen atoms in total. The summed E-state index contributed by atoms with van der Waals surface area (Å²) >= 11 is 5.96. The lowest BCUT2D eigenvalue weighted by molar-refractivity contribution is 0.183. The molecule has 0 bridgehead atoms. The average Bonchev–Trinajstić information content (AvgIpc) is 2.35. The maximum Gasteiger partial charge on any atom is 0.120 e. The molecule has 1 aromatic rings. The molecule has 0 unspecified atom stereocenters. The van der Waals surface area contributed by atoms with Crippen LogP contribution in [0.3, 0.4) is 0 Å². The molecule has 0 amide bonds. The fourth-order valence-electron chi connectivity index (χ4n) is 2.60. The van der Waals surface area contributed by atoms with Gasteiger partial charge in [0, 0.05) is 23.2 Å². The van der Waals surface area contributed by atoms with E-state index in [4.69, 9.17) is 11.6 Å². The molecule has 17 heavy (non-hydrogen) atoms. The van der Waals surface area contributed by atoms with E-state index in [0.29, 0.717) is 16.8 Å². The third-order valence-corrected chi connectivity index (χ3v) is 3.89. The Bertz CT molecular complexity index is 374. The van der Waals surface area contributed by atoms with Gasteiger partial charge in [-0.2, -0.15) is 0 Å². The van der Waals surface area contributed by atoms with E-state index >= 15 is 0 Å². The first-order chi connectivity index (χ1) is 8.16. The molecule has 1 aliphatic rings. The van der Waals surface area contributed by atoms with Crippen LogP contribution in [0.15, 0.2) is 18.2 Å². The molecule has 1 N–H and O–H groups in total. The number of phenols is 1. The predicted octanol–water partition coefficient (Wildman–Crippen LogP) is 3.81. The molecule has 1 saturated carbocycles. The molecule has 0 heterocycles. The first kappa shape index (κ1) is 12.7. The van der Waals surface area contributed by atoms with E-state index in [1.165, 1.54) is 32.1 Å². The quantitative estimate of drug-likeness (QED) is 0.886. The highest BCUT2D eigenvalue weighted by Crippen LogP contribution is 2.26. The zero-order valence-electron chi connectivity index (χ0n) is 10.3. The molecular weight excluding hydrogens is 234 g/mol. The number of rotatable bonds is 3. The van der Waals surface area contributed by atoms with Gasteiger partial charge in [-0.1, -0.05) is 30.9 Å². The normalized spacial score (nSPS) is 17.6. The first-order valence-electron chi connectivity index (χ1n) is 6.34. The molecule has 0 saturated heterocycles. The summed E-state index contributed by atoms with van der Waals surface area (Å²) in [5.41, 5.74) is 0.922. The summed E-state index contributed by atoms with van der Waals surface area (Å²) in [7, 11) is 2.14. The maximum atomic E-state index is 9.80. The third kappa shape index (κ3) is 3.36. The van der Waals surface area contributed by atoms with Crippen molar-refractivity contribution in [2.75, 3.05) is 7.05 Å². The summed E-state index contributed by atoms with van der Waals surface area (Å²) in [6, 6.07) is 5.91. The average molecular weight is 254 g/mol. The lowest BCUT2D eigenvalue weighted by atomic mass is 9.94. The van der Waals surface area contributed by atoms with Crippen LogP contribution in [-0.4, -0.2) is 23.1 Å². The Morgan fingerprint density at radius 3 is 2.71 bits per heavy atom. The van der Waals surface area contributed by atoms with Crippen LogP contribution in [0.5, 0.6) is 5.75 Å².